The number of anilines is 2. The van der Waals surface area contributed by atoms with Crippen molar-refractivity contribution in [3.8, 4) is 0 Å². The maximum atomic E-state index is 5.18. The van der Waals surface area contributed by atoms with Gasteiger partial charge in [-0.3, -0.25) is 0 Å². The molecule has 1 aromatic heterocycles. The smallest absolute Gasteiger partial charge is 0.158 e. The first-order valence-electron chi connectivity index (χ1n) is 6.07. The Morgan fingerprint density at radius 1 is 1.22 bits per heavy atom. The molecule has 6 heteroatoms. The van der Waals surface area contributed by atoms with Crippen LogP contribution in [0.2, 0.25) is 0 Å². The van der Waals surface area contributed by atoms with Gasteiger partial charge in [0.2, 0.25) is 0 Å². The molecule has 0 amide bonds. The van der Waals surface area contributed by atoms with Crippen molar-refractivity contribution in [2.24, 2.45) is 0 Å². The summed E-state index contributed by atoms with van der Waals surface area (Å²) in [5.74, 6) is 2.23. The highest BCUT2D eigenvalue weighted by atomic mass is 16.5. The molecule has 18 heavy (non-hydrogen) atoms. The minimum absolute atomic E-state index is 0.133. The summed E-state index contributed by atoms with van der Waals surface area (Å²) in [5, 5.41) is 6.39. The standard InChI is InChI=1S/C12H22N4O2/c1-5-13-10-6-11(14-7-9(2)18-4)16-12(15-10)8-17-3/h6,9H,5,7-8H2,1-4H3,(H2,13,14,15,16). The second-order valence-electron chi connectivity index (χ2n) is 3.95. The molecule has 6 nitrogen and oxygen atoms in total. The van der Waals surface area contributed by atoms with Gasteiger partial charge in [-0.2, -0.15) is 0 Å². The fourth-order valence-corrected chi connectivity index (χ4v) is 1.38. The lowest BCUT2D eigenvalue weighted by Crippen LogP contribution is -2.19. The van der Waals surface area contributed by atoms with Crippen LogP contribution in [0, 0.1) is 0 Å². The first-order valence-corrected chi connectivity index (χ1v) is 6.07. The summed E-state index contributed by atoms with van der Waals surface area (Å²) < 4.78 is 10.2. The molecular weight excluding hydrogens is 232 g/mol. The first-order chi connectivity index (χ1) is 8.69. The fourth-order valence-electron chi connectivity index (χ4n) is 1.38. The van der Waals surface area contributed by atoms with Crippen LogP contribution in [0.4, 0.5) is 11.6 Å². The third-order valence-corrected chi connectivity index (χ3v) is 2.38. The van der Waals surface area contributed by atoms with E-state index in [1.807, 2.05) is 19.9 Å². The van der Waals surface area contributed by atoms with Gasteiger partial charge in [-0.15, -0.1) is 0 Å². The van der Waals surface area contributed by atoms with E-state index in [4.69, 9.17) is 9.47 Å². The van der Waals surface area contributed by atoms with Gasteiger partial charge in [0.25, 0.3) is 0 Å². The van der Waals surface area contributed by atoms with Gasteiger partial charge in [0.1, 0.15) is 18.2 Å². The third-order valence-electron chi connectivity index (χ3n) is 2.38. The molecule has 2 N–H and O–H groups in total. The molecule has 0 radical (unpaired) electrons. The molecule has 1 aromatic rings. The number of nitrogens with one attached hydrogen (secondary N) is 2. The molecule has 102 valence electrons. The van der Waals surface area contributed by atoms with E-state index in [0.29, 0.717) is 19.0 Å². The Hall–Kier alpha value is -1.40. The molecule has 1 rings (SSSR count). The van der Waals surface area contributed by atoms with Gasteiger partial charge in [0.15, 0.2) is 5.82 Å². The van der Waals surface area contributed by atoms with Crippen LogP contribution in [0.3, 0.4) is 0 Å². The quantitative estimate of drug-likeness (QED) is 0.733. The van der Waals surface area contributed by atoms with Crippen molar-refractivity contribution in [1.29, 1.82) is 0 Å². The molecule has 0 aromatic carbocycles. The van der Waals surface area contributed by atoms with E-state index >= 15 is 0 Å². The predicted octanol–water partition coefficient (Wildman–Crippen LogP) is 1.50. The van der Waals surface area contributed by atoms with Crippen LogP contribution in [0.25, 0.3) is 0 Å². The summed E-state index contributed by atoms with van der Waals surface area (Å²) >= 11 is 0. The Morgan fingerprint density at radius 2 is 1.89 bits per heavy atom. The van der Waals surface area contributed by atoms with Gasteiger partial charge in [0, 0.05) is 33.4 Å². The molecule has 0 aliphatic rings. The largest absolute Gasteiger partial charge is 0.380 e. The SMILES string of the molecule is CCNc1cc(NCC(C)OC)nc(COC)n1. The van der Waals surface area contributed by atoms with Crippen molar-refractivity contribution >= 4 is 11.6 Å². The zero-order valence-electron chi connectivity index (χ0n) is 11.5. The van der Waals surface area contributed by atoms with Crippen molar-refractivity contribution in [1.82, 2.24) is 9.97 Å². The van der Waals surface area contributed by atoms with Crippen LogP contribution >= 0.6 is 0 Å². The molecular formula is C12H22N4O2. The van der Waals surface area contributed by atoms with Crippen molar-refractivity contribution in [2.45, 2.75) is 26.6 Å². The Balaban J connectivity index is 2.75. The lowest BCUT2D eigenvalue weighted by molar-refractivity contribution is 0.128. The predicted molar refractivity (Wildman–Crippen MR) is 71.9 cm³/mol. The first kappa shape index (κ1) is 14.7. The summed E-state index contributed by atoms with van der Waals surface area (Å²) in [5.41, 5.74) is 0. The lowest BCUT2D eigenvalue weighted by Gasteiger charge is -2.13. The van der Waals surface area contributed by atoms with Crippen LogP contribution in [0.5, 0.6) is 0 Å². The maximum absolute atomic E-state index is 5.18. The van der Waals surface area contributed by atoms with E-state index in [1.54, 1.807) is 14.2 Å². The zero-order valence-corrected chi connectivity index (χ0v) is 11.5. The lowest BCUT2D eigenvalue weighted by atomic mass is 10.4. The number of ether oxygens (including phenoxy) is 2. The van der Waals surface area contributed by atoms with Crippen LogP contribution in [-0.2, 0) is 16.1 Å². The molecule has 1 atom stereocenters. The van der Waals surface area contributed by atoms with Gasteiger partial charge in [0.05, 0.1) is 6.10 Å². The number of hydrogen-bond donors (Lipinski definition) is 2. The van der Waals surface area contributed by atoms with Gasteiger partial charge in [-0.1, -0.05) is 0 Å². The molecule has 0 bridgehead atoms. The average Bonchev–Trinajstić information content (AvgIpc) is 2.36. The van der Waals surface area contributed by atoms with Crippen LogP contribution in [0.15, 0.2) is 6.07 Å². The Labute approximate surface area is 108 Å². The van der Waals surface area contributed by atoms with Gasteiger partial charge >= 0.3 is 0 Å². The summed E-state index contributed by atoms with van der Waals surface area (Å²) in [6.45, 7) is 5.93. The van der Waals surface area contributed by atoms with E-state index in [1.165, 1.54) is 0 Å². The summed E-state index contributed by atoms with van der Waals surface area (Å²) in [7, 11) is 3.32. The van der Waals surface area contributed by atoms with Crippen LogP contribution < -0.4 is 10.6 Å². The number of rotatable bonds is 8. The molecule has 0 aliphatic carbocycles. The molecule has 1 heterocycles. The zero-order chi connectivity index (χ0) is 13.4. The average molecular weight is 254 g/mol. The molecule has 0 saturated carbocycles. The topological polar surface area (TPSA) is 68.3 Å². The van der Waals surface area contributed by atoms with E-state index in [2.05, 4.69) is 20.6 Å². The number of nitrogens with zero attached hydrogens (tertiary/aromatic N) is 2. The van der Waals surface area contributed by atoms with Gasteiger partial charge < -0.3 is 20.1 Å². The van der Waals surface area contributed by atoms with E-state index in [0.717, 1.165) is 18.2 Å². The maximum Gasteiger partial charge on any atom is 0.158 e. The Morgan fingerprint density at radius 3 is 2.44 bits per heavy atom. The van der Waals surface area contributed by atoms with E-state index < -0.39 is 0 Å². The summed E-state index contributed by atoms with van der Waals surface area (Å²) in [6, 6.07) is 1.88. The Bertz CT molecular complexity index is 336. The van der Waals surface area contributed by atoms with Crippen molar-refractivity contribution in [3.05, 3.63) is 11.9 Å². The minimum Gasteiger partial charge on any atom is -0.380 e. The van der Waals surface area contributed by atoms with E-state index in [-0.39, 0.29) is 6.10 Å². The second-order valence-corrected chi connectivity index (χ2v) is 3.95. The molecule has 0 spiro atoms. The Kier molecular flexibility index (Phi) is 6.38. The van der Waals surface area contributed by atoms with E-state index in [9.17, 15) is 0 Å². The van der Waals surface area contributed by atoms with Crippen molar-refractivity contribution in [2.75, 3.05) is 37.9 Å². The highest BCUT2D eigenvalue weighted by Crippen LogP contribution is 2.12. The second kappa shape index (κ2) is 7.84. The molecule has 0 saturated heterocycles. The van der Waals surface area contributed by atoms with Crippen molar-refractivity contribution < 1.29 is 9.47 Å². The molecule has 0 fully saturated rings. The summed E-state index contributed by atoms with van der Waals surface area (Å²) in [4.78, 5) is 8.71. The molecule has 0 aliphatic heterocycles. The van der Waals surface area contributed by atoms with Gasteiger partial charge in [-0.25, -0.2) is 9.97 Å². The van der Waals surface area contributed by atoms with Crippen LogP contribution in [-0.4, -0.2) is 43.4 Å². The highest BCUT2D eigenvalue weighted by molar-refractivity contribution is 5.47. The minimum atomic E-state index is 0.133. The van der Waals surface area contributed by atoms with Crippen molar-refractivity contribution in [3.63, 3.8) is 0 Å². The highest BCUT2D eigenvalue weighted by Gasteiger charge is 2.05. The van der Waals surface area contributed by atoms with Gasteiger partial charge in [-0.05, 0) is 13.8 Å². The number of aromatic nitrogens is 2. The normalized spacial score (nSPS) is 12.2. The summed E-state index contributed by atoms with van der Waals surface area (Å²) in [6.07, 6.45) is 0.133. The number of methoxy groups -OCH3 is 2. The third kappa shape index (κ3) is 4.85. The fraction of sp³-hybridized carbons (Fsp3) is 0.667. The van der Waals surface area contributed by atoms with Crippen LogP contribution in [0.1, 0.15) is 19.7 Å². The molecule has 1 unspecified atom stereocenters. The monoisotopic (exact) mass is 254 g/mol. The number of hydrogen-bond acceptors (Lipinski definition) is 6.